The van der Waals surface area contributed by atoms with Crippen molar-refractivity contribution in [3.63, 3.8) is 0 Å². The molecule has 1 saturated heterocycles. The van der Waals surface area contributed by atoms with E-state index >= 15 is 0 Å². The van der Waals surface area contributed by atoms with Crippen molar-refractivity contribution in [1.29, 1.82) is 0 Å². The van der Waals surface area contributed by atoms with Crippen LogP contribution in [0.4, 0.5) is 9.18 Å². The van der Waals surface area contributed by atoms with E-state index in [2.05, 4.69) is 4.98 Å². The Bertz CT molecular complexity index is 959. The number of carboxylic acid groups (broad SMARTS) is 1. The molecule has 0 saturated carbocycles. The zero-order chi connectivity index (χ0) is 20.8. The van der Waals surface area contributed by atoms with Gasteiger partial charge in [0.15, 0.2) is 0 Å². The summed E-state index contributed by atoms with van der Waals surface area (Å²) in [5.74, 6) is -1.55. The minimum Gasteiger partial charge on any atom is -0.481 e. The van der Waals surface area contributed by atoms with Crippen LogP contribution in [0.3, 0.4) is 0 Å². The van der Waals surface area contributed by atoms with Crippen molar-refractivity contribution in [3.05, 3.63) is 58.9 Å². The molecule has 2 heterocycles. The fourth-order valence-corrected chi connectivity index (χ4v) is 3.71. The standard InChI is InChI=1S/C21H19FN2O4S/c22-15-10-8-14(9-11-15)17-6-4-5-16(23-17)13-18-20(27)24(21(28)29-18)12-3-1-2-7-19(25)26/h4-6,8-11,13H,1-3,7,12H2,(H,25,26). The van der Waals surface area contributed by atoms with Gasteiger partial charge in [0.25, 0.3) is 11.1 Å². The highest BCUT2D eigenvalue weighted by Crippen LogP contribution is 2.32. The number of pyridine rings is 1. The summed E-state index contributed by atoms with van der Waals surface area (Å²) >= 11 is 0.864. The lowest BCUT2D eigenvalue weighted by atomic mass is 10.1. The molecule has 1 aromatic carbocycles. The van der Waals surface area contributed by atoms with Crippen molar-refractivity contribution in [2.45, 2.75) is 25.7 Å². The van der Waals surface area contributed by atoms with E-state index < -0.39 is 5.97 Å². The quantitative estimate of drug-likeness (QED) is 0.503. The molecule has 1 aliphatic rings. The molecule has 2 aromatic rings. The van der Waals surface area contributed by atoms with Crippen molar-refractivity contribution in [2.75, 3.05) is 6.54 Å². The summed E-state index contributed by atoms with van der Waals surface area (Å²) in [6.45, 7) is 0.269. The van der Waals surface area contributed by atoms with Crippen LogP contribution in [0.1, 0.15) is 31.4 Å². The van der Waals surface area contributed by atoms with Crippen molar-refractivity contribution in [1.82, 2.24) is 9.88 Å². The molecule has 0 radical (unpaired) electrons. The highest BCUT2D eigenvalue weighted by Gasteiger charge is 2.34. The second-order valence-electron chi connectivity index (χ2n) is 6.49. The molecule has 29 heavy (non-hydrogen) atoms. The monoisotopic (exact) mass is 414 g/mol. The van der Waals surface area contributed by atoms with Crippen LogP contribution in [0.15, 0.2) is 47.4 Å². The van der Waals surface area contributed by atoms with Gasteiger partial charge < -0.3 is 5.11 Å². The van der Waals surface area contributed by atoms with E-state index in [1.165, 1.54) is 17.0 Å². The summed E-state index contributed by atoms with van der Waals surface area (Å²) in [5.41, 5.74) is 1.91. The number of thioether (sulfide) groups is 1. The number of benzene rings is 1. The first-order chi connectivity index (χ1) is 13.9. The van der Waals surface area contributed by atoms with E-state index in [9.17, 15) is 18.8 Å². The van der Waals surface area contributed by atoms with Gasteiger partial charge in [-0.25, -0.2) is 9.37 Å². The highest BCUT2D eigenvalue weighted by molar-refractivity contribution is 8.18. The maximum absolute atomic E-state index is 13.1. The maximum Gasteiger partial charge on any atom is 0.303 e. The molecule has 6 nitrogen and oxygen atoms in total. The Hall–Kier alpha value is -3.00. The number of hydrogen-bond donors (Lipinski definition) is 1. The van der Waals surface area contributed by atoms with Crippen LogP contribution in [-0.2, 0) is 9.59 Å². The van der Waals surface area contributed by atoms with Crippen LogP contribution >= 0.6 is 11.8 Å². The number of aliphatic carboxylic acids is 1. The molecule has 1 fully saturated rings. The molecule has 0 atom stereocenters. The molecule has 0 unspecified atom stereocenters. The average Bonchev–Trinajstić information content (AvgIpc) is 2.95. The van der Waals surface area contributed by atoms with Gasteiger partial charge in [0, 0.05) is 18.5 Å². The Labute approximate surface area is 171 Å². The van der Waals surface area contributed by atoms with Gasteiger partial charge in [-0.3, -0.25) is 19.3 Å². The maximum atomic E-state index is 13.1. The molecule has 150 valence electrons. The van der Waals surface area contributed by atoms with E-state index in [0.29, 0.717) is 35.6 Å². The van der Waals surface area contributed by atoms with Crippen molar-refractivity contribution >= 4 is 35.0 Å². The SMILES string of the molecule is O=C(O)CCCCCN1C(=O)SC(=Cc2cccc(-c3ccc(F)cc3)n2)C1=O. The first kappa shape index (κ1) is 20.7. The second-order valence-corrected chi connectivity index (χ2v) is 7.49. The van der Waals surface area contributed by atoms with Gasteiger partial charge in [0.05, 0.1) is 16.3 Å². The molecule has 0 bridgehead atoms. The fourth-order valence-electron chi connectivity index (χ4n) is 2.86. The van der Waals surface area contributed by atoms with Gasteiger partial charge >= 0.3 is 5.97 Å². The van der Waals surface area contributed by atoms with Crippen LogP contribution in [0.5, 0.6) is 0 Å². The Morgan fingerprint density at radius 3 is 2.59 bits per heavy atom. The molecule has 2 amide bonds. The molecular formula is C21H19FN2O4S. The summed E-state index contributed by atoms with van der Waals surface area (Å²) in [5, 5.41) is 8.30. The summed E-state index contributed by atoms with van der Waals surface area (Å²) in [6, 6.07) is 11.3. The van der Waals surface area contributed by atoms with Crippen LogP contribution in [0.2, 0.25) is 0 Å². The number of aromatic nitrogens is 1. The number of rotatable bonds is 8. The number of carbonyl (C=O) groups excluding carboxylic acids is 2. The molecule has 3 rings (SSSR count). The van der Waals surface area contributed by atoms with Crippen LogP contribution in [0.25, 0.3) is 17.3 Å². The topological polar surface area (TPSA) is 87.6 Å². The molecule has 8 heteroatoms. The molecule has 0 spiro atoms. The van der Waals surface area contributed by atoms with Gasteiger partial charge in [-0.2, -0.15) is 0 Å². The fraction of sp³-hybridized carbons (Fsp3) is 0.238. The van der Waals surface area contributed by atoms with Crippen LogP contribution in [0, 0.1) is 5.82 Å². The Morgan fingerprint density at radius 1 is 1.10 bits per heavy atom. The van der Waals surface area contributed by atoms with Crippen molar-refractivity contribution in [2.24, 2.45) is 0 Å². The largest absolute Gasteiger partial charge is 0.481 e. The van der Waals surface area contributed by atoms with E-state index in [1.54, 1.807) is 36.4 Å². The Kier molecular flexibility index (Phi) is 6.77. The number of imide groups is 1. The van der Waals surface area contributed by atoms with E-state index in [4.69, 9.17) is 5.11 Å². The number of unbranched alkanes of at least 4 members (excludes halogenated alkanes) is 2. The van der Waals surface area contributed by atoms with Gasteiger partial charge in [-0.05, 0) is 67.1 Å². The normalized spacial score (nSPS) is 15.3. The number of carbonyl (C=O) groups is 3. The third-order valence-corrected chi connectivity index (χ3v) is 5.24. The molecular weight excluding hydrogens is 395 g/mol. The lowest BCUT2D eigenvalue weighted by Gasteiger charge is -2.11. The summed E-state index contributed by atoms with van der Waals surface area (Å²) in [6.07, 6.45) is 3.37. The number of hydrogen-bond acceptors (Lipinski definition) is 5. The van der Waals surface area contributed by atoms with Gasteiger partial charge in [0.1, 0.15) is 5.82 Å². The Morgan fingerprint density at radius 2 is 1.86 bits per heavy atom. The zero-order valence-electron chi connectivity index (χ0n) is 15.5. The average molecular weight is 414 g/mol. The Balaban J connectivity index is 1.67. The lowest BCUT2D eigenvalue weighted by molar-refractivity contribution is -0.137. The number of amides is 2. The number of nitrogens with zero attached hydrogens (tertiary/aromatic N) is 2. The predicted octanol–water partition coefficient (Wildman–Crippen LogP) is 4.57. The van der Waals surface area contributed by atoms with E-state index in [-0.39, 0.29) is 29.9 Å². The van der Waals surface area contributed by atoms with Gasteiger partial charge in [-0.15, -0.1) is 0 Å². The van der Waals surface area contributed by atoms with E-state index in [0.717, 1.165) is 17.3 Å². The third-order valence-electron chi connectivity index (χ3n) is 4.34. The first-order valence-corrected chi connectivity index (χ1v) is 9.96. The summed E-state index contributed by atoms with van der Waals surface area (Å²) in [4.78, 5) is 41.2. The van der Waals surface area contributed by atoms with Crippen LogP contribution in [-0.4, -0.2) is 38.7 Å². The van der Waals surface area contributed by atoms with Gasteiger partial charge in [-0.1, -0.05) is 12.5 Å². The molecule has 1 aromatic heterocycles. The number of halogens is 1. The number of carboxylic acids is 1. The highest BCUT2D eigenvalue weighted by atomic mass is 32.2. The molecule has 1 N–H and O–H groups in total. The second kappa shape index (κ2) is 9.47. The molecule has 1 aliphatic heterocycles. The van der Waals surface area contributed by atoms with E-state index in [1.807, 2.05) is 0 Å². The van der Waals surface area contributed by atoms with Crippen LogP contribution < -0.4 is 0 Å². The minimum atomic E-state index is -0.852. The summed E-state index contributed by atoms with van der Waals surface area (Å²) in [7, 11) is 0. The van der Waals surface area contributed by atoms with Crippen molar-refractivity contribution in [3.8, 4) is 11.3 Å². The minimum absolute atomic E-state index is 0.0812. The zero-order valence-corrected chi connectivity index (χ0v) is 16.3. The third kappa shape index (κ3) is 5.51. The molecule has 0 aliphatic carbocycles. The van der Waals surface area contributed by atoms with Crippen molar-refractivity contribution < 1.29 is 23.9 Å². The lowest BCUT2D eigenvalue weighted by Crippen LogP contribution is -2.29. The summed E-state index contributed by atoms with van der Waals surface area (Å²) < 4.78 is 13.1. The predicted molar refractivity (Wildman–Crippen MR) is 108 cm³/mol. The first-order valence-electron chi connectivity index (χ1n) is 9.14. The van der Waals surface area contributed by atoms with Gasteiger partial charge in [0.2, 0.25) is 0 Å². The smallest absolute Gasteiger partial charge is 0.303 e.